The molecule has 0 atom stereocenters. The molecule has 0 aromatic heterocycles. The van der Waals surface area contributed by atoms with Gasteiger partial charge in [0.15, 0.2) is 0 Å². The van der Waals surface area contributed by atoms with Gasteiger partial charge >= 0.3 is 6.03 Å². The van der Waals surface area contributed by atoms with Crippen LogP contribution in [0.15, 0.2) is 0 Å². The van der Waals surface area contributed by atoms with E-state index in [0.717, 1.165) is 38.6 Å². The van der Waals surface area contributed by atoms with E-state index in [-0.39, 0.29) is 18.0 Å². The van der Waals surface area contributed by atoms with Gasteiger partial charge in [-0.05, 0) is 45.4 Å². The minimum absolute atomic E-state index is 0.129. The topological polar surface area (TPSA) is 91.5 Å². The Labute approximate surface area is 153 Å². The van der Waals surface area contributed by atoms with Crippen molar-refractivity contribution in [3.05, 3.63) is 0 Å². The second kappa shape index (κ2) is 16.1. The van der Waals surface area contributed by atoms with Crippen molar-refractivity contribution >= 4 is 11.9 Å². The van der Waals surface area contributed by atoms with Gasteiger partial charge in [0.2, 0.25) is 5.91 Å². The molecule has 0 unspecified atom stereocenters. The third-order valence-corrected chi connectivity index (χ3v) is 3.46. The molecular formula is C18H38N4O3. The van der Waals surface area contributed by atoms with Crippen molar-refractivity contribution in [2.45, 2.75) is 72.3 Å². The smallest absolute Gasteiger partial charge is 0.314 e. The lowest BCUT2D eigenvalue weighted by Gasteiger charge is -2.10. The highest BCUT2D eigenvalue weighted by atomic mass is 16.6. The molecule has 0 heterocycles. The molecule has 7 nitrogen and oxygen atoms in total. The minimum atomic E-state index is -0.184. The van der Waals surface area contributed by atoms with Gasteiger partial charge in [0.25, 0.3) is 0 Å². The summed E-state index contributed by atoms with van der Waals surface area (Å²) in [6.07, 6.45) is 5.41. The maximum atomic E-state index is 11.6. The largest absolute Gasteiger partial charge is 0.356 e. The van der Waals surface area contributed by atoms with Gasteiger partial charge in [-0.3, -0.25) is 9.63 Å². The number of carbonyl (C=O) groups excluding carboxylic acids is 2. The second-order valence-electron chi connectivity index (χ2n) is 7.00. The van der Waals surface area contributed by atoms with Gasteiger partial charge in [0.1, 0.15) is 0 Å². The molecule has 0 aliphatic carbocycles. The molecule has 148 valence electrons. The predicted octanol–water partition coefficient (Wildman–Crippen LogP) is 2.33. The highest BCUT2D eigenvalue weighted by Crippen LogP contribution is 2.02. The van der Waals surface area contributed by atoms with Crippen LogP contribution in [-0.4, -0.2) is 44.2 Å². The Morgan fingerprint density at radius 1 is 0.840 bits per heavy atom. The first kappa shape index (κ1) is 23.7. The molecule has 0 fully saturated rings. The fourth-order valence-corrected chi connectivity index (χ4v) is 2.12. The van der Waals surface area contributed by atoms with Crippen molar-refractivity contribution in [3.8, 4) is 0 Å². The van der Waals surface area contributed by atoms with E-state index in [1.807, 2.05) is 13.8 Å². The molecular weight excluding hydrogens is 320 g/mol. The van der Waals surface area contributed by atoms with Crippen LogP contribution in [-0.2, 0) is 9.63 Å². The van der Waals surface area contributed by atoms with Crippen LogP contribution < -0.4 is 21.4 Å². The molecule has 7 heteroatoms. The summed E-state index contributed by atoms with van der Waals surface area (Å²) in [5.41, 5.74) is 2.81. The Bertz CT molecular complexity index is 349. The minimum Gasteiger partial charge on any atom is -0.356 e. The number of unbranched alkanes of at least 4 members (excludes halogenated alkanes) is 2. The van der Waals surface area contributed by atoms with Crippen molar-refractivity contribution < 1.29 is 14.4 Å². The van der Waals surface area contributed by atoms with E-state index in [1.54, 1.807) is 0 Å². The van der Waals surface area contributed by atoms with Crippen molar-refractivity contribution in [2.24, 2.45) is 5.92 Å². The van der Waals surface area contributed by atoms with Crippen molar-refractivity contribution in [1.29, 1.82) is 0 Å². The molecule has 4 N–H and O–H groups in total. The standard InChI is InChI=1S/C18H38N4O3/c1-15(2)9-8-12-19-17(23)10-6-5-7-11-20-18(24)21-13-14-25-22-16(3)4/h15-16,22H,5-14H2,1-4H3,(H,19,23)(H2,20,21,24). The van der Waals surface area contributed by atoms with Crippen LogP contribution >= 0.6 is 0 Å². The normalized spacial score (nSPS) is 11.0. The summed E-state index contributed by atoms with van der Waals surface area (Å²) < 4.78 is 0. The molecule has 0 aliphatic heterocycles. The molecule has 0 spiro atoms. The summed E-state index contributed by atoms with van der Waals surface area (Å²) in [6, 6.07) is 0.0759. The summed E-state index contributed by atoms with van der Waals surface area (Å²) in [5, 5.41) is 8.47. The van der Waals surface area contributed by atoms with Crippen LogP contribution in [0.1, 0.15) is 66.2 Å². The number of carbonyl (C=O) groups is 2. The summed E-state index contributed by atoms with van der Waals surface area (Å²) in [6.45, 7) is 10.6. The molecule has 0 bridgehead atoms. The third kappa shape index (κ3) is 18.8. The van der Waals surface area contributed by atoms with Gasteiger partial charge in [-0.15, -0.1) is 0 Å². The van der Waals surface area contributed by atoms with E-state index >= 15 is 0 Å². The van der Waals surface area contributed by atoms with Crippen LogP contribution in [0.4, 0.5) is 4.79 Å². The van der Waals surface area contributed by atoms with E-state index in [9.17, 15) is 9.59 Å². The van der Waals surface area contributed by atoms with E-state index in [0.29, 0.717) is 32.0 Å². The molecule has 0 aromatic carbocycles. The summed E-state index contributed by atoms with van der Waals surface area (Å²) >= 11 is 0. The zero-order valence-electron chi connectivity index (χ0n) is 16.5. The van der Waals surface area contributed by atoms with Crippen molar-refractivity contribution in [1.82, 2.24) is 21.4 Å². The van der Waals surface area contributed by atoms with Crippen LogP contribution in [0.5, 0.6) is 0 Å². The van der Waals surface area contributed by atoms with Gasteiger partial charge < -0.3 is 16.0 Å². The summed E-state index contributed by atoms with van der Waals surface area (Å²) in [4.78, 5) is 28.3. The first-order valence-corrected chi connectivity index (χ1v) is 9.57. The number of amides is 3. The molecule has 25 heavy (non-hydrogen) atoms. The summed E-state index contributed by atoms with van der Waals surface area (Å²) in [7, 11) is 0. The Balaban J connectivity index is 3.33. The summed E-state index contributed by atoms with van der Waals surface area (Å²) in [5.74, 6) is 0.815. The zero-order chi connectivity index (χ0) is 18.9. The number of hydroxylamine groups is 1. The Morgan fingerprint density at radius 2 is 1.52 bits per heavy atom. The fourth-order valence-electron chi connectivity index (χ4n) is 2.12. The SMILES string of the molecule is CC(C)CCCNC(=O)CCCCCNC(=O)NCCONC(C)C. The maximum Gasteiger partial charge on any atom is 0.314 e. The van der Waals surface area contributed by atoms with E-state index in [4.69, 9.17) is 4.84 Å². The predicted molar refractivity (Wildman–Crippen MR) is 101 cm³/mol. The van der Waals surface area contributed by atoms with Crippen LogP contribution in [0.25, 0.3) is 0 Å². The molecule has 0 saturated heterocycles. The fraction of sp³-hybridized carbons (Fsp3) is 0.889. The lowest BCUT2D eigenvalue weighted by atomic mass is 10.1. The highest BCUT2D eigenvalue weighted by molar-refractivity contribution is 5.75. The average molecular weight is 359 g/mol. The lowest BCUT2D eigenvalue weighted by Crippen LogP contribution is -2.38. The van der Waals surface area contributed by atoms with E-state index < -0.39 is 0 Å². The molecule has 0 saturated carbocycles. The number of rotatable bonds is 15. The molecule has 0 aromatic rings. The Hall–Kier alpha value is -1.34. The van der Waals surface area contributed by atoms with Gasteiger partial charge in [-0.25, -0.2) is 4.79 Å². The quantitative estimate of drug-likeness (QED) is 0.267. The zero-order valence-corrected chi connectivity index (χ0v) is 16.5. The van der Waals surface area contributed by atoms with Crippen molar-refractivity contribution in [3.63, 3.8) is 0 Å². The number of nitrogens with one attached hydrogen (secondary N) is 4. The van der Waals surface area contributed by atoms with Crippen LogP contribution in [0.3, 0.4) is 0 Å². The third-order valence-electron chi connectivity index (χ3n) is 3.46. The van der Waals surface area contributed by atoms with Gasteiger partial charge in [0.05, 0.1) is 6.61 Å². The van der Waals surface area contributed by atoms with E-state index in [2.05, 4.69) is 35.3 Å². The van der Waals surface area contributed by atoms with Crippen LogP contribution in [0, 0.1) is 5.92 Å². The first-order valence-electron chi connectivity index (χ1n) is 9.57. The highest BCUT2D eigenvalue weighted by Gasteiger charge is 2.02. The van der Waals surface area contributed by atoms with Gasteiger partial charge in [-0.1, -0.05) is 20.3 Å². The van der Waals surface area contributed by atoms with Crippen LogP contribution in [0.2, 0.25) is 0 Å². The molecule has 0 rings (SSSR count). The second-order valence-corrected chi connectivity index (χ2v) is 7.00. The van der Waals surface area contributed by atoms with Gasteiger partial charge in [-0.2, -0.15) is 5.48 Å². The van der Waals surface area contributed by atoms with Crippen molar-refractivity contribution in [2.75, 3.05) is 26.2 Å². The lowest BCUT2D eigenvalue weighted by molar-refractivity contribution is -0.121. The Morgan fingerprint density at radius 3 is 2.20 bits per heavy atom. The number of urea groups is 1. The van der Waals surface area contributed by atoms with Gasteiger partial charge in [0, 0.05) is 32.1 Å². The molecule has 3 amide bonds. The molecule has 0 aliphatic rings. The Kier molecular flexibility index (Phi) is 15.3. The first-order chi connectivity index (χ1) is 11.9. The van der Waals surface area contributed by atoms with E-state index in [1.165, 1.54) is 0 Å². The monoisotopic (exact) mass is 358 g/mol. The number of hydrogen-bond donors (Lipinski definition) is 4. The maximum absolute atomic E-state index is 11.6. The molecule has 0 radical (unpaired) electrons. The number of hydrogen-bond acceptors (Lipinski definition) is 4. The average Bonchev–Trinajstić information content (AvgIpc) is 2.54.